The number of rotatable bonds is 7. The largest absolute Gasteiger partial charge is 0.456 e. The molecule has 196 valence electrons. The number of nitrogens with zero attached hydrogens (tertiary/aromatic N) is 5. The zero-order chi connectivity index (χ0) is 26.5. The molecule has 2 fully saturated rings. The van der Waals surface area contributed by atoms with Gasteiger partial charge in [0.1, 0.15) is 17.1 Å². The predicted molar refractivity (Wildman–Crippen MR) is 130 cm³/mol. The van der Waals surface area contributed by atoms with Crippen molar-refractivity contribution in [1.82, 2.24) is 24.3 Å². The molecule has 1 aliphatic heterocycles. The summed E-state index contributed by atoms with van der Waals surface area (Å²) in [7, 11) is 0. The molecule has 4 heterocycles. The van der Waals surface area contributed by atoms with Crippen molar-refractivity contribution in [3.8, 4) is 17.0 Å². The number of anilines is 1. The van der Waals surface area contributed by atoms with Crippen molar-refractivity contribution in [3.63, 3.8) is 0 Å². The van der Waals surface area contributed by atoms with Gasteiger partial charge in [-0.25, -0.2) is 9.31 Å². The zero-order valence-electron chi connectivity index (χ0n) is 20.8. The van der Waals surface area contributed by atoms with Gasteiger partial charge in [-0.15, -0.1) is 0 Å². The van der Waals surface area contributed by atoms with Gasteiger partial charge in [-0.1, -0.05) is 6.58 Å². The average molecular weight is 515 g/mol. The van der Waals surface area contributed by atoms with E-state index in [0.717, 1.165) is 12.8 Å². The van der Waals surface area contributed by atoms with Crippen LogP contribution < -0.4 is 10.1 Å². The Morgan fingerprint density at radius 3 is 2.59 bits per heavy atom. The maximum atomic E-state index is 13.9. The lowest BCUT2D eigenvalue weighted by Crippen LogP contribution is -2.54. The number of likely N-dealkylation sites (tertiary alicyclic amines) is 1. The van der Waals surface area contributed by atoms with Crippen LogP contribution in [0.2, 0.25) is 0 Å². The van der Waals surface area contributed by atoms with Crippen molar-refractivity contribution in [2.45, 2.75) is 58.2 Å². The minimum Gasteiger partial charge on any atom is -0.456 e. The average Bonchev–Trinajstić information content (AvgIpc) is 3.42. The van der Waals surface area contributed by atoms with E-state index < -0.39 is 24.3 Å². The highest BCUT2D eigenvalue weighted by molar-refractivity contribution is 5.93. The van der Waals surface area contributed by atoms with Crippen LogP contribution in [0.5, 0.6) is 5.75 Å². The summed E-state index contributed by atoms with van der Waals surface area (Å²) in [6.45, 7) is 6.82. The van der Waals surface area contributed by atoms with E-state index >= 15 is 0 Å². The van der Waals surface area contributed by atoms with E-state index in [1.807, 2.05) is 0 Å². The van der Waals surface area contributed by atoms with Gasteiger partial charge >= 0.3 is 12.6 Å². The SMILES string of the molecule is C=C(Oc1cnn(C(F)F)c1-c1ccn2nc(NC(=O)C3CC3)cc2c1)[C@H]1CCN1C(=O)OC(C)(C)C. The van der Waals surface area contributed by atoms with Gasteiger partial charge in [0, 0.05) is 30.3 Å². The minimum atomic E-state index is -2.92. The molecule has 0 unspecified atom stereocenters. The number of halogens is 2. The van der Waals surface area contributed by atoms with Gasteiger partial charge in [-0.3, -0.25) is 9.69 Å². The van der Waals surface area contributed by atoms with Crippen LogP contribution in [-0.2, 0) is 9.53 Å². The zero-order valence-corrected chi connectivity index (χ0v) is 20.8. The molecule has 10 nitrogen and oxygen atoms in total. The monoisotopic (exact) mass is 514 g/mol. The topological polar surface area (TPSA) is 103 Å². The van der Waals surface area contributed by atoms with Gasteiger partial charge in [0.05, 0.1) is 17.8 Å². The molecule has 0 spiro atoms. The molecule has 1 atom stereocenters. The van der Waals surface area contributed by atoms with Crippen molar-refractivity contribution in [2.75, 3.05) is 11.9 Å². The first-order valence-electron chi connectivity index (χ1n) is 12.0. The number of nitrogens with one attached hydrogen (secondary N) is 1. The van der Waals surface area contributed by atoms with Crippen LogP contribution in [0.4, 0.5) is 19.4 Å². The number of pyridine rings is 1. The van der Waals surface area contributed by atoms with Crippen LogP contribution in [-0.4, -0.2) is 54.5 Å². The van der Waals surface area contributed by atoms with Gasteiger partial charge < -0.3 is 14.8 Å². The summed E-state index contributed by atoms with van der Waals surface area (Å²) in [5.41, 5.74) is 0.389. The smallest absolute Gasteiger partial charge is 0.410 e. The Hall–Kier alpha value is -3.96. The maximum Gasteiger partial charge on any atom is 0.410 e. The van der Waals surface area contributed by atoms with E-state index in [1.165, 1.54) is 11.1 Å². The number of ether oxygens (including phenoxy) is 2. The number of hydrogen-bond acceptors (Lipinski definition) is 6. The molecule has 37 heavy (non-hydrogen) atoms. The Balaban J connectivity index is 1.38. The lowest BCUT2D eigenvalue weighted by Gasteiger charge is -2.41. The molecule has 0 bridgehead atoms. The van der Waals surface area contributed by atoms with Crippen LogP contribution in [0.3, 0.4) is 0 Å². The van der Waals surface area contributed by atoms with E-state index in [9.17, 15) is 18.4 Å². The summed E-state index contributed by atoms with van der Waals surface area (Å²) in [6, 6.07) is 4.47. The summed E-state index contributed by atoms with van der Waals surface area (Å²) in [6.07, 6.45) is 4.65. The first kappa shape index (κ1) is 24.7. The molecule has 3 aromatic heterocycles. The fraction of sp³-hybridized carbons (Fsp3) is 0.440. The van der Waals surface area contributed by atoms with Crippen LogP contribution in [0, 0.1) is 5.92 Å². The normalized spacial score (nSPS) is 17.6. The summed E-state index contributed by atoms with van der Waals surface area (Å²) < 4.78 is 41.2. The fourth-order valence-electron chi connectivity index (χ4n) is 4.09. The number of amides is 2. The summed E-state index contributed by atoms with van der Waals surface area (Å²) in [4.78, 5) is 26.0. The molecule has 5 rings (SSSR count). The molecule has 3 aromatic rings. The number of fused-ring (bicyclic) bond motifs is 1. The molecular weight excluding hydrogens is 486 g/mol. The fourth-order valence-corrected chi connectivity index (χ4v) is 4.09. The number of carbonyl (C=O) groups is 2. The van der Waals surface area contributed by atoms with Crippen molar-refractivity contribution >= 4 is 23.3 Å². The highest BCUT2D eigenvalue weighted by Gasteiger charge is 2.38. The van der Waals surface area contributed by atoms with Gasteiger partial charge in [-0.2, -0.15) is 23.7 Å². The number of alkyl halides is 2. The summed E-state index contributed by atoms with van der Waals surface area (Å²) in [5, 5.41) is 10.9. The van der Waals surface area contributed by atoms with E-state index in [0.29, 0.717) is 34.5 Å². The van der Waals surface area contributed by atoms with E-state index in [1.54, 1.807) is 49.7 Å². The molecule has 1 saturated carbocycles. The molecule has 1 aliphatic carbocycles. The van der Waals surface area contributed by atoms with Crippen LogP contribution >= 0.6 is 0 Å². The Kier molecular flexibility index (Phi) is 6.12. The van der Waals surface area contributed by atoms with E-state index in [4.69, 9.17) is 9.47 Å². The number of hydrogen-bond donors (Lipinski definition) is 1. The van der Waals surface area contributed by atoms with Crippen molar-refractivity contribution in [2.24, 2.45) is 5.92 Å². The quantitative estimate of drug-likeness (QED) is 0.453. The van der Waals surface area contributed by atoms with Crippen molar-refractivity contribution in [3.05, 3.63) is 42.9 Å². The highest BCUT2D eigenvalue weighted by Crippen LogP contribution is 2.37. The molecule has 2 aliphatic rings. The van der Waals surface area contributed by atoms with Crippen molar-refractivity contribution in [1.29, 1.82) is 0 Å². The Morgan fingerprint density at radius 1 is 1.22 bits per heavy atom. The summed E-state index contributed by atoms with van der Waals surface area (Å²) in [5.74, 6) is 0.629. The lowest BCUT2D eigenvalue weighted by atomic mass is 10.0. The molecular formula is C25H28F2N6O4. The summed E-state index contributed by atoms with van der Waals surface area (Å²) >= 11 is 0. The first-order valence-corrected chi connectivity index (χ1v) is 12.0. The van der Waals surface area contributed by atoms with Crippen LogP contribution in [0.1, 0.15) is 46.6 Å². The molecule has 12 heteroatoms. The second-order valence-corrected chi connectivity index (χ2v) is 10.2. The molecule has 0 radical (unpaired) electrons. The van der Waals surface area contributed by atoms with Crippen LogP contribution in [0.25, 0.3) is 16.8 Å². The highest BCUT2D eigenvalue weighted by atomic mass is 19.3. The van der Waals surface area contributed by atoms with Gasteiger partial charge in [0.25, 0.3) is 0 Å². The second-order valence-electron chi connectivity index (χ2n) is 10.2. The first-order chi connectivity index (χ1) is 17.5. The standard InChI is InChI=1S/C25H28F2N6O4/c1-14(18-8-9-31(18)24(35)37-25(2,3)4)36-19-13-28-33(23(26)27)21(19)16-7-10-32-17(11-16)12-20(30-32)29-22(34)15-5-6-15/h7,10-13,15,18,23H,1,5-6,8-9H2,2-4H3,(H,29,30,34)/t18-/m1/s1. The molecule has 1 N–H and O–H groups in total. The second kappa shape index (κ2) is 9.16. The Bertz CT molecular complexity index is 1370. The Morgan fingerprint density at radius 2 is 1.97 bits per heavy atom. The predicted octanol–water partition coefficient (Wildman–Crippen LogP) is 4.84. The van der Waals surface area contributed by atoms with Gasteiger partial charge in [0.15, 0.2) is 11.6 Å². The third-order valence-electron chi connectivity index (χ3n) is 6.14. The minimum absolute atomic E-state index is 0.0236. The third kappa shape index (κ3) is 5.13. The molecule has 1 saturated heterocycles. The van der Waals surface area contributed by atoms with Crippen molar-refractivity contribution < 1.29 is 27.8 Å². The molecule has 2 amide bonds. The van der Waals surface area contributed by atoms with Gasteiger partial charge in [-0.05, 0) is 52.2 Å². The van der Waals surface area contributed by atoms with Gasteiger partial charge in [0.2, 0.25) is 5.91 Å². The lowest BCUT2D eigenvalue weighted by molar-refractivity contribution is -0.117. The number of aromatic nitrogens is 4. The van der Waals surface area contributed by atoms with E-state index in [-0.39, 0.29) is 29.0 Å². The third-order valence-corrected chi connectivity index (χ3v) is 6.14. The van der Waals surface area contributed by atoms with Crippen LogP contribution in [0.15, 0.2) is 42.9 Å². The Labute approximate surface area is 211 Å². The number of carbonyl (C=O) groups excluding carboxylic acids is 2. The maximum absolute atomic E-state index is 13.9. The van der Waals surface area contributed by atoms with E-state index in [2.05, 4.69) is 22.1 Å². The molecule has 0 aromatic carbocycles.